The quantitative estimate of drug-likeness (QED) is 0.453. The standard InChI is InChI=1S/C26H27N3O2S/c1-17-7-5-9-21(15-17)27-24(31)19-8-6-10-22(16-19)28-25(32)29-23(30)18-11-13-20(14-12-18)26(2,3)4/h5-16H,1-4H3,(H,27,31)(H2,28,29,30,32). The molecule has 3 aromatic rings. The Morgan fingerprint density at radius 3 is 2.00 bits per heavy atom. The molecule has 164 valence electrons. The molecule has 0 bridgehead atoms. The molecule has 0 heterocycles. The SMILES string of the molecule is Cc1cccc(NC(=O)c2cccc(NC(=S)NC(=O)c3ccc(C(C)(C)C)cc3)c2)c1. The highest BCUT2D eigenvalue weighted by molar-refractivity contribution is 7.80. The van der Waals surface area contributed by atoms with Gasteiger partial charge in [0.2, 0.25) is 0 Å². The third-order valence-electron chi connectivity index (χ3n) is 4.90. The van der Waals surface area contributed by atoms with Crippen molar-refractivity contribution in [1.82, 2.24) is 5.32 Å². The average molecular weight is 446 g/mol. The topological polar surface area (TPSA) is 70.2 Å². The summed E-state index contributed by atoms with van der Waals surface area (Å²) in [5.41, 5.74) is 4.56. The van der Waals surface area contributed by atoms with Crippen molar-refractivity contribution in [3.8, 4) is 0 Å². The highest BCUT2D eigenvalue weighted by Gasteiger charge is 2.15. The lowest BCUT2D eigenvalue weighted by Gasteiger charge is -2.19. The molecule has 6 heteroatoms. The van der Waals surface area contributed by atoms with Gasteiger partial charge in [-0.15, -0.1) is 0 Å². The second kappa shape index (κ2) is 9.75. The van der Waals surface area contributed by atoms with E-state index in [1.807, 2.05) is 43.3 Å². The molecule has 3 aromatic carbocycles. The van der Waals surface area contributed by atoms with E-state index < -0.39 is 0 Å². The molecule has 0 saturated carbocycles. The highest BCUT2D eigenvalue weighted by atomic mass is 32.1. The third-order valence-corrected chi connectivity index (χ3v) is 5.10. The van der Waals surface area contributed by atoms with Crippen LogP contribution in [0.1, 0.15) is 52.6 Å². The van der Waals surface area contributed by atoms with Crippen molar-refractivity contribution in [1.29, 1.82) is 0 Å². The number of thiocarbonyl (C=S) groups is 1. The first-order valence-electron chi connectivity index (χ1n) is 10.3. The van der Waals surface area contributed by atoms with E-state index >= 15 is 0 Å². The van der Waals surface area contributed by atoms with Gasteiger partial charge in [0.05, 0.1) is 0 Å². The van der Waals surface area contributed by atoms with Crippen molar-refractivity contribution in [2.75, 3.05) is 10.6 Å². The summed E-state index contributed by atoms with van der Waals surface area (Å²) in [5.74, 6) is -0.524. The fraction of sp³-hybridized carbons (Fsp3) is 0.192. The zero-order chi connectivity index (χ0) is 23.3. The molecule has 3 N–H and O–H groups in total. The van der Waals surface area contributed by atoms with Crippen molar-refractivity contribution >= 4 is 40.5 Å². The first-order chi connectivity index (χ1) is 15.1. The number of hydrogen-bond donors (Lipinski definition) is 3. The molecule has 0 fully saturated rings. The number of carbonyl (C=O) groups is 2. The van der Waals surface area contributed by atoms with Crippen molar-refractivity contribution < 1.29 is 9.59 Å². The minimum absolute atomic E-state index is 0.0164. The van der Waals surface area contributed by atoms with E-state index in [4.69, 9.17) is 12.2 Å². The van der Waals surface area contributed by atoms with Crippen LogP contribution in [0.3, 0.4) is 0 Å². The predicted molar refractivity (Wildman–Crippen MR) is 134 cm³/mol. The average Bonchev–Trinajstić information content (AvgIpc) is 2.73. The third kappa shape index (κ3) is 6.25. The Morgan fingerprint density at radius 2 is 1.38 bits per heavy atom. The highest BCUT2D eigenvalue weighted by Crippen LogP contribution is 2.22. The van der Waals surface area contributed by atoms with Crippen molar-refractivity contribution in [2.45, 2.75) is 33.1 Å². The molecular weight excluding hydrogens is 418 g/mol. The van der Waals surface area contributed by atoms with Gasteiger partial charge in [-0.1, -0.05) is 51.1 Å². The number of benzene rings is 3. The monoisotopic (exact) mass is 445 g/mol. The summed E-state index contributed by atoms with van der Waals surface area (Å²) in [7, 11) is 0. The number of anilines is 2. The molecule has 0 aliphatic heterocycles. The second-order valence-electron chi connectivity index (χ2n) is 8.64. The van der Waals surface area contributed by atoms with Crippen LogP contribution in [0.4, 0.5) is 11.4 Å². The summed E-state index contributed by atoms with van der Waals surface area (Å²) in [6.07, 6.45) is 0. The molecule has 2 amide bonds. The maximum atomic E-state index is 12.6. The fourth-order valence-electron chi connectivity index (χ4n) is 3.12. The Balaban J connectivity index is 1.61. The van der Waals surface area contributed by atoms with Crippen LogP contribution in [0.15, 0.2) is 72.8 Å². The van der Waals surface area contributed by atoms with Gasteiger partial charge in [-0.2, -0.15) is 0 Å². The van der Waals surface area contributed by atoms with Crippen LogP contribution in [0.5, 0.6) is 0 Å². The molecule has 5 nitrogen and oxygen atoms in total. The lowest BCUT2D eigenvalue weighted by molar-refractivity contribution is 0.0976. The van der Waals surface area contributed by atoms with Gasteiger partial charge < -0.3 is 10.6 Å². The van der Waals surface area contributed by atoms with Gasteiger partial charge in [0.15, 0.2) is 5.11 Å². The molecule has 0 unspecified atom stereocenters. The molecule has 0 aromatic heterocycles. The Bertz CT molecular complexity index is 1150. The summed E-state index contributed by atoms with van der Waals surface area (Å²) in [6.45, 7) is 8.33. The number of amides is 2. The number of carbonyl (C=O) groups excluding carboxylic acids is 2. The molecule has 0 saturated heterocycles. The van der Waals surface area contributed by atoms with Crippen LogP contribution in [0, 0.1) is 6.92 Å². The van der Waals surface area contributed by atoms with Crippen LogP contribution in [0.25, 0.3) is 0 Å². The van der Waals surface area contributed by atoms with Crippen LogP contribution in [0.2, 0.25) is 0 Å². The van der Waals surface area contributed by atoms with Gasteiger partial charge in [-0.25, -0.2) is 0 Å². The van der Waals surface area contributed by atoms with E-state index in [-0.39, 0.29) is 22.3 Å². The molecule has 0 spiro atoms. The van der Waals surface area contributed by atoms with E-state index in [1.165, 1.54) is 0 Å². The molecule has 0 aliphatic carbocycles. The molecular formula is C26H27N3O2S. The van der Waals surface area contributed by atoms with E-state index in [9.17, 15) is 9.59 Å². The number of hydrogen-bond acceptors (Lipinski definition) is 3. The molecule has 0 radical (unpaired) electrons. The van der Waals surface area contributed by atoms with E-state index in [2.05, 4.69) is 36.7 Å². The minimum atomic E-state index is -0.295. The summed E-state index contributed by atoms with van der Waals surface area (Å²) >= 11 is 5.28. The van der Waals surface area contributed by atoms with Crippen LogP contribution in [-0.4, -0.2) is 16.9 Å². The number of aryl methyl sites for hydroxylation is 1. The normalized spacial score (nSPS) is 10.9. The zero-order valence-electron chi connectivity index (χ0n) is 18.7. The van der Waals surface area contributed by atoms with Gasteiger partial charge in [0, 0.05) is 22.5 Å². The van der Waals surface area contributed by atoms with E-state index in [0.29, 0.717) is 16.8 Å². The first kappa shape index (κ1) is 23.2. The fourth-order valence-corrected chi connectivity index (χ4v) is 3.33. The summed E-state index contributed by atoms with van der Waals surface area (Å²) in [6, 6.07) is 22.0. The maximum absolute atomic E-state index is 12.6. The lowest BCUT2D eigenvalue weighted by Crippen LogP contribution is -2.34. The van der Waals surface area contributed by atoms with Crippen molar-refractivity contribution in [2.24, 2.45) is 0 Å². The van der Waals surface area contributed by atoms with E-state index in [0.717, 1.165) is 16.8 Å². The maximum Gasteiger partial charge on any atom is 0.257 e. The van der Waals surface area contributed by atoms with Gasteiger partial charge in [-0.05, 0) is 78.1 Å². The van der Waals surface area contributed by atoms with Gasteiger partial charge in [0.25, 0.3) is 11.8 Å². The van der Waals surface area contributed by atoms with Crippen LogP contribution < -0.4 is 16.0 Å². The van der Waals surface area contributed by atoms with Crippen LogP contribution in [-0.2, 0) is 5.41 Å². The van der Waals surface area contributed by atoms with Crippen molar-refractivity contribution in [3.63, 3.8) is 0 Å². The van der Waals surface area contributed by atoms with Crippen LogP contribution >= 0.6 is 12.2 Å². The largest absolute Gasteiger partial charge is 0.332 e. The summed E-state index contributed by atoms with van der Waals surface area (Å²) in [5, 5.41) is 8.68. The molecule has 3 rings (SSSR count). The van der Waals surface area contributed by atoms with Gasteiger partial charge in [0.1, 0.15) is 0 Å². The van der Waals surface area contributed by atoms with E-state index in [1.54, 1.807) is 36.4 Å². The number of nitrogens with one attached hydrogen (secondary N) is 3. The van der Waals surface area contributed by atoms with Crippen molar-refractivity contribution in [3.05, 3.63) is 95.1 Å². The second-order valence-corrected chi connectivity index (χ2v) is 9.05. The zero-order valence-corrected chi connectivity index (χ0v) is 19.5. The van der Waals surface area contributed by atoms with Gasteiger partial charge >= 0.3 is 0 Å². The Kier molecular flexibility index (Phi) is 7.05. The molecule has 0 aliphatic rings. The Labute approximate surface area is 194 Å². The smallest absolute Gasteiger partial charge is 0.257 e. The summed E-state index contributed by atoms with van der Waals surface area (Å²) in [4.78, 5) is 25.1. The minimum Gasteiger partial charge on any atom is -0.332 e. The molecule has 32 heavy (non-hydrogen) atoms. The Hall–Kier alpha value is -3.51. The predicted octanol–water partition coefficient (Wildman–Crippen LogP) is 5.67. The number of rotatable bonds is 4. The Morgan fingerprint density at radius 1 is 0.750 bits per heavy atom. The lowest BCUT2D eigenvalue weighted by atomic mass is 9.87. The first-order valence-corrected chi connectivity index (χ1v) is 10.7. The molecule has 0 atom stereocenters. The summed E-state index contributed by atoms with van der Waals surface area (Å²) < 4.78 is 0. The van der Waals surface area contributed by atoms with Gasteiger partial charge in [-0.3, -0.25) is 14.9 Å².